The number of sulfonamides is 1. The fourth-order valence-corrected chi connectivity index (χ4v) is 5.63. The summed E-state index contributed by atoms with van der Waals surface area (Å²) in [5.74, 6) is 0.371. The second kappa shape index (κ2) is 14.2. The highest BCUT2D eigenvalue weighted by atomic mass is 35.5. The maximum atomic E-state index is 14.0. The minimum absolute atomic E-state index is 0.0341. The van der Waals surface area contributed by atoms with Gasteiger partial charge in [-0.1, -0.05) is 43.6 Å². The minimum Gasteiger partial charge on any atom is -0.497 e. The van der Waals surface area contributed by atoms with Gasteiger partial charge in [0.15, 0.2) is 0 Å². The van der Waals surface area contributed by atoms with E-state index < -0.39 is 28.5 Å². The van der Waals surface area contributed by atoms with Crippen LogP contribution in [0.2, 0.25) is 5.02 Å². The van der Waals surface area contributed by atoms with E-state index in [-0.39, 0.29) is 29.0 Å². The molecule has 220 valence electrons. The van der Waals surface area contributed by atoms with Crippen molar-refractivity contribution in [1.29, 1.82) is 0 Å². The first kappa shape index (κ1) is 31.8. The summed E-state index contributed by atoms with van der Waals surface area (Å²) in [6.45, 7) is 5.48. The number of hydrogen-bond acceptors (Lipinski definition) is 6. The van der Waals surface area contributed by atoms with Gasteiger partial charge in [-0.2, -0.15) is 0 Å². The summed E-state index contributed by atoms with van der Waals surface area (Å²) in [6.07, 6.45) is 0. The lowest BCUT2D eigenvalue weighted by atomic mass is 10.1. The largest absolute Gasteiger partial charge is 0.497 e. The summed E-state index contributed by atoms with van der Waals surface area (Å²) in [7, 11) is -1.20. The van der Waals surface area contributed by atoms with Gasteiger partial charge in [-0.25, -0.2) is 8.42 Å². The Bertz CT molecular complexity index is 1450. The summed E-state index contributed by atoms with van der Waals surface area (Å²) < 4.78 is 39.3. The first-order valence-electron chi connectivity index (χ1n) is 13.1. The third-order valence-corrected chi connectivity index (χ3v) is 8.38. The molecule has 11 heteroatoms. The van der Waals surface area contributed by atoms with E-state index in [2.05, 4.69) is 5.32 Å². The Kier molecular flexibility index (Phi) is 11.0. The van der Waals surface area contributed by atoms with Crippen LogP contribution < -0.4 is 19.1 Å². The Hall–Kier alpha value is -3.76. The van der Waals surface area contributed by atoms with Crippen LogP contribution in [0.3, 0.4) is 0 Å². The number of nitrogens with zero attached hydrogens (tertiary/aromatic N) is 2. The number of hydrogen-bond donors (Lipinski definition) is 1. The van der Waals surface area contributed by atoms with Gasteiger partial charge >= 0.3 is 0 Å². The molecular formula is C30H36ClN3O6S. The van der Waals surface area contributed by atoms with Crippen LogP contribution in [0.25, 0.3) is 0 Å². The van der Waals surface area contributed by atoms with Crippen LogP contribution in [0.5, 0.6) is 11.5 Å². The number of methoxy groups -OCH3 is 2. The Balaban J connectivity index is 2.02. The van der Waals surface area contributed by atoms with Gasteiger partial charge in [-0.15, -0.1) is 0 Å². The fraction of sp³-hybridized carbons (Fsp3) is 0.333. The first-order chi connectivity index (χ1) is 19.5. The minimum atomic E-state index is -4.22. The van der Waals surface area contributed by atoms with Crippen molar-refractivity contribution in [1.82, 2.24) is 10.2 Å². The molecule has 0 spiro atoms. The van der Waals surface area contributed by atoms with Crippen LogP contribution in [0.1, 0.15) is 26.3 Å². The smallest absolute Gasteiger partial charge is 0.264 e. The molecule has 3 aromatic carbocycles. The van der Waals surface area contributed by atoms with Crippen molar-refractivity contribution in [2.24, 2.45) is 5.92 Å². The Morgan fingerprint density at radius 1 is 0.902 bits per heavy atom. The predicted molar refractivity (Wildman–Crippen MR) is 160 cm³/mol. The SMILES string of the molecule is COc1ccc(S(=O)(=O)N(CC(=O)N(Cc2cccc(OC)c2)[C@H](C)C(=O)NCC(C)C)c2cccc(Cl)c2)cc1. The summed E-state index contributed by atoms with van der Waals surface area (Å²) >= 11 is 6.21. The number of carbonyl (C=O) groups is 2. The van der Waals surface area contributed by atoms with E-state index in [0.717, 1.165) is 4.31 Å². The Morgan fingerprint density at radius 2 is 1.56 bits per heavy atom. The van der Waals surface area contributed by atoms with Gasteiger partial charge in [0.1, 0.15) is 24.1 Å². The summed E-state index contributed by atoms with van der Waals surface area (Å²) in [6, 6.07) is 18.4. The zero-order chi connectivity index (χ0) is 30.2. The van der Waals surface area contributed by atoms with E-state index in [1.807, 2.05) is 19.9 Å². The summed E-state index contributed by atoms with van der Waals surface area (Å²) in [5, 5.41) is 3.17. The van der Waals surface area contributed by atoms with Crippen molar-refractivity contribution in [3.8, 4) is 11.5 Å². The molecule has 0 aliphatic rings. The number of ether oxygens (including phenoxy) is 2. The third kappa shape index (κ3) is 8.37. The van der Waals surface area contributed by atoms with Crippen LogP contribution in [0.15, 0.2) is 77.7 Å². The van der Waals surface area contributed by atoms with Gasteiger partial charge in [-0.05, 0) is 73.0 Å². The van der Waals surface area contributed by atoms with Crippen LogP contribution in [-0.2, 0) is 26.2 Å². The average molecular weight is 602 g/mol. The maximum Gasteiger partial charge on any atom is 0.264 e. The molecule has 0 aromatic heterocycles. The van der Waals surface area contributed by atoms with E-state index in [1.165, 1.54) is 49.5 Å². The van der Waals surface area contributed by atoms with E-state index in [1.54, 1.807) is 43.3 Å². The maximum absolute atomic E-state index is 14.0. The summed E-state index contributed by atoms with van der Waals surface area (Å²) in [5.41, 5.74) is 0.924. The molecular weight excluding hydrogens is 566 g/mol. The van der Waals surface area contributed by atoms with Crippen LogP contribution in [-0.4, -0.2) is 58.5 Å². The second-order valence-electron chi connectivity index (χ2n) is 9.86. The molecule has 9 nitrogen and oxygen atoms in total. The van der Waals surface area contributed by atoms with Crippen LogP contribution in [0, 0.1) is 5.92 Å². The molecule has 41 heavy (non-hydrogen) atoms. The molecule has 2 amide bonds. The molecule has 3 rings (SSSR count). The number of carbonyl (C=O) groups excluding carboxylic acids is 2. The molecule has 0 radical (unpaired) electrons. The van der Waals surface area contributed by atoms with Gasteiger partial charge in [0.2, 0.25) is 11.8 Å². The van der Waals surface area contributed by atoms with Crippen molar-refractivity contribution in [3.05, 3.63) is 83.4 Å². The molecule has 0 unspecified atom stereocenters. The van der Waals surface area contributed by atoms with Crippen molar-refractivity contribution in [2.75, 3.05) is 31.6 Å². The number of halogens is 1. The van der Waals surface area contributed by atoms with Gasteiger partial charge in [0.05, 0.1) is 24.8 Å². The van der Waals surface area contributed by atoms with Crippen LogP contribution >= 0.6 is 11.6 Å². The third-order valence-electron chi connectivity index (χ3n) is 6.36. The molecule has 1 N–H and O–H groups in total. The van der Waals surface area contributed by atoms with Crippen molar-refractivity contribution >= 4 is 39.1 Å². The number of anilines is 1. The molecule has 3 aromatic rings. The van der Waals surface area contributed by atoms with E-state index in [0.29, 0.717) is 28.6 Å². The Morgan fingerprint density at radius 3 is 2.17 bits per heavy atom. The van der Waals surface area contributed by atoms with Crippen LogP contribution in [0.4, 0.5) is 5.69 Å². The molecule has 1 atom stereocenters. The lowest BCUT2D eigenvalue weighted by Crippen LogP contribution is -2.51. The number of nitrogens with one attached hydrogen (secondary N) is 1. The van der Waals surface area contributed by atoms with E-state index in [4.69, 9.17) is 21.1 Å². The lowest BCUT2D eigenvalue weighted by molar-refractivity contribution is -0.139. The summed E-state index contributed by atoms with van der Waals surface area (Å²) in [4.78, 5) is 28.4. The highest BCUT2D eigenvalue weighted by Crippen LogP contribution is 2.28. The van der Waals surface area contributed by atoms with Crippen molar-refractivity contribution in [2.45, 2.75) is 38.3 Å². The number of amides is 2. The van der Waals surface area contributed by atoms with Gasteiger partial charge < -0.3 is 19.7 Å². The topological polar surface area (TPSA) is 105 Å². The normalized spacial score (nSPS) is 12.0. The monoisotopic (exact) mass is 601 g/mol. The predicted octanol–water partition coefficient (Wildman–Crippen LogP) is 4.74. The fourth-order valence-electron chi connectivity index (χ4n) is 4.04. The van der Waals surface area contributed by atoms with Crippen molar-refractivity contribution in [3.63, 3.8) is 0 Å². The van der Waals surface area contributed by atoms with Crippen molar-refractivity contribution < 1.29 is 27.5 Å². The zero-order valence-corrected chi connectivity index (χ0v) is 25.4. The van der Waals surface area contributed by atoms with Gasteiger partial charge in [0, 0.05) is 18.1 Å². The molecule has 0 aliphatic heterocycles. The van der Waals surface area contributed by atoms with E-state index >= 15 is 0 Å². The highest BCUT2D eigenvalue weighted by molar-refractivity contribution is 7.92. The highest BCUT2D eigenvalue weighted by Gasteiger charge is 2.32. The first-order valence-corrected chi connectivity index (χ1v) is 14.9. The van der Waals surface area contributed by atoms with Gasteiger partial charge in [-0.3, -0.25) is 13.9 Å². The molecule has 0 bridgehead atoms. The standard InChI is InChI=1S/C30H36ClN3O6S/c1-21(2)18-32-30(36)22(3)33(19-23-8-6-11-27(16-23)40-5)29(35)20-34(25-10-7-9-24(31)17-25)41(37,38)28-14-12-26(39-4)13-15-28/h6-17,21-22H,18-20H2,1-5H3,(H,32,36)/t22-/m1/s1. The molecule has 0 aliphatic carbocycles. The number of rotatable bonds is 13. The Labute approximate surface area is 247 Å². The zero-order valence-electron chi connectivity index (χ0n) is 23.8. The van der Waals surface area contributed by atoms with E-state index in [9.17, 15) is 18.0 Å². The molecule has 0 saturated carbocycles. The van der Waals surface area contributed by atoms with Gasteiger partial charge in [0.25, 0.3) is 10.0 Å². The molecule has 0 heterocycles. The lowest BCUT2D eigenvalue weighted by Gasteiger charge is -2.32. The number of benzene rings is 3. The second-order valence-corrected chi connectivity index (χ2v) is 12.2. The molecule has 0 saturated heterocycles. The quantitative estimate of drug-likeness (QED) is 0.303. The molecule has 0 fully saturated rings. The average Bonchev–Trinajstić information content (AvgIpc) is 2.96.